The average Bonchev–Trinajstić information content (AvgIpc) is 2.53. The smallest absolute Gasteiger partial charge is 0.0460 e. The molecule has 0 spiro atoms. The second-order valence-electron chi connectivity index (χ2n) is 4.39. The highest BCUT2D eigenvalue weighted by molar-refractivity contribution is 5.14. The first-order valence-electron chi connectivity index (χ1n) is 7.75. The minimum Gasteiger partial charge on any atom is -0.396 e. The monoisotopic (exact) mass is 265 g/mol. The molecule has 1 aromatic carbocycles. The third-order valence-electron chi connectivity index (χ3n) is 3.21. The molecule has 1 aliphatic rings. The van der Waals surface area contributed by atoms with E-state index in [4.69, 9.17) is 5.11 Å². The summed E-state index contributed by atoms with van der Waals surface area (Å²) >= 11 is 0. The number of aliphatic hydroxyl groups excluding tert-OH is 1. The van der Waals surface area contributed by atoms with E-state index in [0.29, 0.717) is 12.5 Å². The lowest BCUT2D eigenvalue weighted by Gasteiger charge is -2.30. The highest BCUT2D eigenvalue weighted by Crippen LogP contribution is 2.18. The van der Waals surface area contributed by atoms with Gasteiger partial charge in [-0.25, -0.2) is 0 Å². The van der Waals surface area contributed by atoms with Gasteiger partial charge >= 0.3 is 0 Å². The fourth-order valence-corrected chi connectivity index (χ4v) is 2.17. The van der Waals surface area contributed by atoms with Gasteiger partial charge in [0, 0.05) is 13.2 Å². The number of likely N-dealkylation sites (tertiary alicyclic amines) is 1. The molecule has 19 heavy (non-hydrogen) atoms. The largest absolute Gasteiger partial charge is 0.396 e. The number of piperidine rings is 1. The van der Waals surface area contributed by atoms with E-state index in [9.17, 15) is 0 Å². The number of hydrogen-bond acceptors (Lipinski definition) is 2. The second-order valence-corrected chi connectivity index (χ2v) is 4.39. The van der Waals surface area contributed by atoms with E-state index in [1.165, 1.54) is 5.56 Å². The first-order valence-corrected chi connectivity index (χ1v) is 7.75. The molecule has 110 valence electrons. The van der Waals surface area contributed by atoms with Crippen LogP contribution in [0, 0.1) is 5.92 Å². The summed E-state index contributed by atoms with van der Waals surface area (Å²) in [6, 6.07) is 10.6. The van der Waals surface area contributed by atoms with Gasteiger partial charge in [-0.1, -0.05) is 58.0 Å². The molecule has 1 saturated heterocycles. The van der Waals surface area contributed by atoms with Crippen LogP contribution in [0.25, 0.3) is 0 Å². The molecule has 0 unspecified atom stereocenters. The van der Waals surface area contributed by atoms with E-state index >= 15 is 0 Å². The van der Waals surface area contributed by atoms with Crippen molar-refractivity contribution >= 4 is 0 Å². The molecule has 2 heteroatoms. The van der Waals surface area contributed by atoms with Crippen LogP contribution >= 0.6 is 0 Å². The number of rotatable bonds is 3. The maximum absolute atomic E-state index is 9.05. The van der Waals surface area contributed by atoms with Gasteiger partial charge in [0.1, 0.15) is 0 Å². The molecule has 1 aliphatic heterocycles. The Morgan fingerprint density at radius 2 is 1.53 bits per heavy atom. The van der Waals surface area contributed by atoms with Gasteiger partial charge in [0.25, 0.3) is 0 Å². The van der Waals surface area contributed by atoms with Crippen LogP contribution in [0.5, 0.6) is 0 Å². The molecule has 0 saturated carbocycles. The number of nitrogens with zero attached hydrogens (tertiary/aromatic N) is 1. The fourth-order valence-electron chi connectivity index (χ4n) is 2.17. The van der Waals surface area contributed by atoms with Crippen molar-refractivity contribution in [3.05, 3.63) is 35.9 Å². The molecular formula is C17H31NO. The zero-order valence-corrected chi connectivity index (χ0v) is 13.1. The summed E-state index contributed by atoms with van der Waals surface area (Å²) in [5.41, 5.74) is 1.39. The Bertz CT molecular complexity index is 279. The third-order valence-corrected chi connectivity index (χ3v) is 3.21. The predicted octanol–water partition coefficient (Wildman–Crippen LogP) is 3.94. The first-order chi connectivity index (χ1) is 9.38. The van der Waals surface area contributed by atoms with Crippen molar-refractivity contribution in [2.75, 3.05) is 19.7 Å². The fraction of sp³-hybridized carbons (Fsp3) is 0.647. The van der Waals surface area contributed by atoms with Gasteiger partial charge in [0.2, 0.25) is 0 Å². The molecule has 2 nitrogen and oxygen atoms in total. The van der Waals surface area contributed by atoms with Crippen LogP contribution in [0.2, 0.25) is 0 Å². The lowest BCUT2D eigenvalue weighted by molar-refractivity contribution is 0.127. The molecule has 0 bridgehead atoms. The van der Waals surface area contributed by atoms with Gasteiger partial charge in [0.15, 0.2) is 0 Å². The SMILES string of the molecule is CC.CC.OCC1CCN(Cc2ccccc2)CC1. The Labute approximate surface area is 119 Å². The summed E-state index contributed by atoms with van der Waals surface area (Å²) < 4.78 is 0. The summed E-state index contributed by atoms with van der Waals surface area (Å²) in [5.74, 6) is 0.539. The standard InChI is InChI=1S/C13H19NO.2C2H6/c15-11-13-6-8-14(9-7-13)10-12-4-2-1-3-5-12;2*1-2/h1-5,13,15H,6-11H2;2*1-2H3. The van der Waals surface area contributed by atoms with Gasteiger partial charge in [-0.05, 0) is 37.4 Å². The van der Waals surface area contributed by atoms with Crippen molar-refractivity contribution in [1.29, 1.82) is 0 Å². The van der Waals surface area contributed by atoms with Crippen LogP contribution < -0.4 is 0 Å². The van der Waals surface area contributed by atoms with Crippen molar-refractivity contribution in [3.8, 4) is 0 Å². The van der Waals surface area contributed by atoms with Crippen LogP contribution in [0.15, 0.2) is 30.3 Å². The molecule has 0 atom stereocenters. The number of hydrogen-bond donors (Lipinski definition) is 1. The van der Waals surface area contributed by atoms with Crippen molar-refractivity contribution in [2.24, 2.45) is 5.92 Å². The van der Waals surface area contributed by atoms with E-state index in [2.05, 4.69) is 35.2 Å². The Morgan fingerprint density at radius 3 is 2.00 bits per heavy atom. The van der Waals surface area contributed by atoms with Crippen molar-refractivity contribution in [3.63, 3.8) is 0 Å². The predicted molar refractivity (Wildman–Crippen MR) is 84.2 cm³/mol. The Hall–Kier alpha value is -0.860. The Kier molecular flexibility index (Phi) is 11.6. The van der Waals surface area contributed by atoms with E-state index in [1.807, 2.05) is 27.7 Å². The second kappa shape index (κ2) is 12.2. The van der Waals surface area contributed by atoms with Crippen molar-refractivity contribution in [2.45, 2.75) is 47.1 Å². The number of benzene rings is 1. The van der Waals surface area contributed by atoms with Crippen molar-refractivity contribution < 1.29 is 5.11 Å². The van der Waals surface area contributed by atoms with Crippen molar-refractivity contribution in [1.82, 2.24) is 4.90 Å². The maximum Gasteiger partial charge on any atom is 0.0460 e. The van der Waals surface area contributed by atoms with Gasteiger partial charge in [0.05, 0.1) is 0 Å². The summed E-state index contributed by atoms with van der Waals surface area (Å²) in [4.78, 5) is 2.47. The maximum atomic E-state index is 9.05. The first kappa shape index (κ1) is 18.1. The molecule has 0 aliphatic carbocycles. The van der Waals surface area contributed by atoms with Gasteiger partial charge in [-0.3, -0.25) is 4.90 Å². The summed E-state index contributed by atoms with van der Waals surface area (Å²) in [7, 11) is 0. The average molecular weight is 265 g/mol. The highest BCUT2D eigenvalue weighted by atomic mass is 16.3. The van der Waals surface area contributed by atoms with Crippen LogP contribution in [-0.4, -0.2) is 29.7 Å². The molecule has 2 rings (SSSR count). The molecule has 1 N–H and O–H groups in total. The zero-order valence-electron chi connectivity index (χ0n) is 13.1. The summed E-state index contributed by atoms with van der Waals surface area (Å²) in [6.45, 7) is 11.7. The molecule has 0 aromatic heterocycles. The molecule has 0 radical (unpaired) electrons. The van der Waals surface area contributed by atoms with E-state index in [0.717, 1.165) is 32.5 Å². The topological polar surface area (TPSA) is 23.5 Å². The van der Waals surface area contributed by atoms with Crippen LogP contribution in [0.4, 0.5) is 0 Å². The summed E-state index contributed by atoms with van der Waals surface area (Å²) in [5, 5.41) is 9.05. The van der Waals surface area contributed by atoms with Crippen LogP contribution in [-0.2, 0) is 6.54 Å². The van der Waals surface area contributed by atoms with Gasteiger partial charge in [-0.15, -0.1) is 0 Å². The minimum absolute atomic E-state index is 0.360. The molecular weight excluding hydrogens is 234 g/mol. The lowest BCUT2D eigenvalue weighted by Crippen LogP contribution is -2.34. The van der Waals surface area contributed by atoms with E-state index < -0.39 is 0 Å². The summed E-state index contributed by atoms with van der Waals surface area (Å²) in [6.07, 6.45) is 2.28. The molecule has 1 aromatic rings. The molecule has 1 fully saturated rings. The third kappa shape index (κ3) is 7.34. The highest BCUT2D eigenvalue weighted by Gasteiger charge is 2.17. The van der Waals surface area contributed by atoms with Crippen LogP contribution in [0.3, 0.4) is 0 Å². The van der Waals surface area contributed by atoms with E-state index in [-0.39, 0.29) is 0 Å². The quantitative estimate of drug-likeness (QED) is 0.894. The zero-order chi connectivity index (χ0) is 14.5. The number of aliphatic hydroxyl groups is 1. The lowest BCUT2D eigenvalue weighted by atomic mass is 9.97. The van der Waals surface area contributed by atoms with Crippen LogP contribution in [0.1, 0.15) is 46.1 Å². The van der Waals surface area contributed by atoms with Gasteiger partial charge in [-0.2, -0.15) is 0 Å². The molecule has 1 heterocycles. The Morgan fingerprint density at radius 1 is 1.00 bits per heavy atom. The Balaban J connectivity index is 0.000000741. The van der Waals surface area contributed by atoms with E-state index in [1.54, 1.807) is 0 Å². The normalized spacial score (nSPS) is 15.8. The molecule has 0 amide bonds. The van der Waals surface area contributed by atoms with Gasteiger partial charge < -0.3 is 5.11 Å². The minimum atomic E-state index is 0.360.